The van der Waals surface area contributed by atoms with E-state index >= 15 is 0 Å². The molecule has 0 spiro atoms. The minimum Gasteiger partial charge on any atom is -0.293 e. The Kier molecular flexibility index (Phi) is 1.81. The monoisotopic (exact) mass is 270 g/mol. The molecule has 0 aliphatic heterocycles. The number of benzene rings is 3. The lowest BCUT2D eigenvalue weighted by molar-refractivity contribution is 0.0830. The van der Waals surface area contributed by atoms with Gasteiger partial charge in [0.2, 0.25) is 0 Å². The van der Waals surface area contributed by atoms with Gasteiger partial charge in [-0.15, -0.1) is 0 Å². The molecule has 0 radical (unpaired) electrons. The molecule has 0 fully saturated rings. The molecule has 3 aromatic rings. The van der Waals surface area contributed by atoms with E-state index in [4.69, 9.17) is 0 Å². The van der Waals surface area contributed by atoms with Gasteiger partial charge in [0.15, 0.2) is 11.6 Å². The van der Waals surface area contributed by atoms with Gasteiger partial charge in [-0.25, -0.2) is 0 Å². The maximum Gasteiger partial charge on any atom is 0.178 e. The minimum absolute atomic E-state index is 0.0501. The predicted molar refractivity (Wildman–Crippen MR) is 82.6 cm³/mol. The fraction of sp³-hybridized carbons (Fsp3) is 0.0526. The molecule has 0 saturated heterocycles. The molecular weight excluding hydrogens is 260 g/mol. The zero-order chi connectivity index (χ0) is 14.1. The molecule has 0 amide bonds. The lowest BCUT2D eigenvalue weighted by atomic mass is 9.72. The molecule has 0 saturated carbocycles. The van der Waals surface area contributed by atoms with Crippen LogP contribution in [0.3, 0.4) is 0 Å². The summed E-state index contributed by atoms with van der Waals surface area (Å²) >= 11 is 0. The van der Waals surface area contributed by atoms with E-state index in [1.807, 2.05) is 36.4 Å². The normalized spacial score (nSPS) is 19.0. The Morgan fingerprint density at radius 1 is 0.810 bits per heavy atom. The first kappa shape index (κ1) is 11.0. The number of allylic oxidation sites excluding steroid dienone is 1. The minimum atomic E-state index is -0.608. The molecular formula is C19H10O2. The standard InChI is InChI=1S/C19H10O2/c20-18-14-6-5-13-16(18)9-12-7-10-3-1-2-4-11(10)8-15(12)17(13)19(14)21/h1-9,14H. The molecule has 0 heterocycles. The van der Waals surface area contributed by atoms with E-state index in [0.717, 1.165) is 32.7 Å². The number of rotatable bonds is 0. The van der Waals surface area contributed by atoms with E-state index in [9.17, 15) is 9.59 Å². The number of hydrogen-bond acceptors (Lipinski definition) is 2. The molecule has 1 atom stereocenters. The Morgan fingerprint density at radius 3 is 2.38 bits per heavy atom. The largest absolute Gasteiger partial charge is 0.293 e. The quantitative estimate of drug-likeness (QED) is 0.457. The highest BCUT2D eigenvalue weighted by Crippen LogP contribution is 2.40. The smallest absolute Gasteiger partial charge is 0.178 e. The van der Waals surface area contributed by atoms with Crippen LogP contribution in [0.15, 0.2) is 48.5 Å². The van der Waals surface area contributed by atoms with E-state index in [0.29, 0.717) is 5.56 Å². The molecule has 6 rings (SSSR count). The van der Waals surface area contributed by atoms with Crippen molar-refractivity contribution in [1.82, 2.24) is 0 Å². The van der Waals surface area contributed by atoms with Gasteiger partial charge in [-0.2, -0.15) is 0 Å². The molecule has 1 unspecified atom stereocenters. The van der Waals surface area contributed by atoms with Gasteiger partial charge in [-0.1, -0.05) is 36.4 Å². The highest BCUT2D eigenvalue weighted by atomic mass is 16.2. The summed E-state index contributed by atoms with van der Waals surface area (Å²) in [6.07, 6.45) is 3.65. The summed E-state index contributed by atoms with van der Waals surface area (Å²) < 4.78 is 0. The van der Waals surface area contributed by atoms with E-state index in [-0.39, 0.29) is 11.6 Å². The summed E-state index contributed by atoms with van der Waals surface area (Å²) in [5.41, 5.74) is 2.22. The van der Waals surface area contributed by atoms with Gasteiger partial charge in [0, 0.05) is 11.1 Å². The first-order valence-electron chi connectivity index (χ1n) is 7.00. The van der Waals surface area contributed by atoms with Crippen molar-refractivity contribution in [3.05, 3.63) is 65.2 Å². The Morgan fingerprint density at radius 2 is 1.57 bits per heavy atom. The Labute approximate surface area is 120 Å². The van der Waals surface area contributed by atoms with Gasteiger partial charge in [0.05, 0.1) is 0 Å². The second-order valence-corrected chi connectivity index (χ2v) is 5.70. The molecule has 0 aromatic heterocycles. The number of carbonyl (C=O) groups is 2. The SMILES string of the molecule is O=C1c2cc3cc4ccccc4cc3c3c2C=CC1C3=O. The van der Waals surface area contributed by atoms with Gasteiger partial charge in [0.1, 0.15) is 5.92 Å². The number of fused-ring (bicyclic) bond motifs is 2. The van der Waals surface area contributed by atoms with Crippen molar-refractivity contribution >= 4 is 39.2 Å². The van der Waals surface area contributed by atoms with Crippen LogP contribution in [0.2, 0.25) is 0 Å². The van der Waals surface area contributed by atoms with Crippen molar-refractivity contribution in [2.24, 2.45) is 5.92 Å². The summed E-state index contributed by atoms with van der Waals surface area (Å²) in [6, 6.07) is 14.2. The number of ketones is 2. The third-order valence-corrected chi connectivity index (χ3v) is 4.58. The fourth-order valence-corrected chi connectivity index (χ4v) is 3.56. The first-order valence-corrected chi connectivity index (χ1v) is 7.00. The molecule has 21 heavy (non-hydrogen) atoms. The Bertz CT molecular complexity index is 1020. The summed E-state index contributed by atoms with van der Waals surface area (Å²) in [4.78, 5) is 24.9. The number of hydrogen-bond donors (Lipinski definition) is 0. The van der Waals surface area contributed by atoms with Crippen LogP contribution in [0.5, 0.6) is 0 Å². The second kappa shape index (κ2) is 3.47. The van der Waals surface area contributed by atoms with Crippen molar-refractivity contribution in [1.29, 1.82) is 0 Å². The number of Topliss-reactive ketones (excluding diaryl/α,β-unsaturated/α-hetero) is 2. The van der Waals surface area contributed by atoms with Crippen LogP contribution in [0, 0.1) is 5.92 Å². The molecule has 2 nitrogen and oxygen atoms in total. The lowest BCUT2D eigenvalue weighted by Crippen LogP contribution is -2.32. The van der Waals surface area contributed by atoms with E-state index < -0.39 is 5.92 Å². The predicted octanol–water partition coefficient (Wildman–Crippen LogP) is 4.02. The zero-order valence-corrected chi connectivity index (χ0v) is 11.1. The third-order valence-electron chi connectivity index (χ3n) is 4.58. The highest BCUT2D eigenvalue weighted by Gasteiger charge is 2.39. The zero-order valence-electron chi connectivity index (χ0n) is 11.1. The van der Waals surface area contributed by atoms with Crippen LogP contribution in [0.25, 0.3) is 27.6 Å². The van der Waals surface area contributed by atoms with Crippen molar-refractivity contribution in [2.45, 2.75) is 0 Å². The van der Waals surface area contributed by atoms with E-state index in [2.05, 4.69) is 12.1 Å². The summed E-state index contributed by atoms with van der Waals surface area (Å²) in [7, 11) is 0. The summed E-state index contributed by atoms with van der Waals surface area (Å²) in [5, 5.41) is 4.17. The first-order chi connectivity index (χ1) is 10.2. The Balaban J connectivity index is 2.04. The second-order valence-electron chi connectivity index (χ2n) is 5.70. The third kappa shape index (κ3) is 1.23. The van der Waals surface area contributed by atoms with Crippen LogP contribution in [0.1, 0.15) is 26.3 Å². The van der Waals surface area contributed by atoms with Gasteiger partial charge in [-0.05, 0) is 45.3 Å². The van der Waals surface area contributed by atoms with E-state index in [1.54, 1.807) is 6.08 Å². The molecule has 0 N–H and O–H groups in total. The lowest BCUT2D eigenvalue weighted by Gasteiger charge is -2.27. The average Bonchev–Trinajstić information content (AvgIpc) is 2.51. The van der Waals surface area contributed by atoms with Gasteiger partial charge < -0.3 is 0 Å². The van der Waals surface area contributed by atoms with Crippen LogP contribution in [-0.2, 0) is 0 Å². The van der Waals surface area contributed by atoms with Gasteiger partial charge in [-0.3, -0.25) is 9.59 Å². The maximum atomic E-state index is 12.5. The van der Waals surface area contributed by atoms with Crippen LogP contribution >= 0.6 is 0 Å². The molecule has 3 aliphatic rings. The molecule has 4 bridgehead atoms. The molecule has 3 aliphatic carbocycles. The van der Waals surface area contributed by atoms with Gasteiger partial charge >= 0.3 is 0 Å². The number of carbonyl (C=O) groups excluding carboxylic acids is 2. The Hall–Kier alpha value is -2.74. The summed E-state index contributed by atoms with van der Waals surface area (Å²) in [5.74, 6) is -0.714. The van der Waals surface area contributed by atoms with E-state index in [1.165, 1.54) is 0 Å². The maximum absolute atomic E-state index is 12.5. The van der Waals surface area contributed by atoms with Crippen LogP contribution < -0.4 is 0 Å². The van der Waals surface area contributed by atoms with Crippen molar-refractivity contribution in [2.75, 3.05) is 0 Å². The van der Waals surface area contributed by atoms with Crippen LogP contribution in [0.4, 0.5) is 0 Å². The van der Waals surface area contributed by atoms with Gasteiger partial charge in [0.25, 0.3) is 0 Å². The van der Waals surface area contributed by atoms with Crippen molar-refractivity contribution in [3.63, 3.8) is 0 Å². The average molecular weight is 270 g/mol. The topological polar surface area (TPSA) is 34.1 Å². The fourth-order valence-electron chi connectivity index (χ4n) is 3.56. The summed E-state index contributed by atoms with van der Waals surface area (Å²) in [6.45, 7) is 0. The molecule has 2 heteroatoms. The molecule has 3 aromatic carbocycles. The van der Waals surface area contributed by atoms with Crippen LogP contribution in [-0.4, -0.2) is 11.6 Å². The van der Waals surface area contributed by atoms with Crippen molar-refractivity contribution < 1.29 is 9.59 Å². The molecule has 98 valence electrons. The highest BCUT2D eigenvalue weighted by molar-refractivity contribution is 6.31. The van der Waals surface area contributed by atoms with Crippen molar-refractivity contribution in [3.8, 4) is 0 Å².